The summed E-state index contributed by atoms with van der Waals surface area (Å²) in [5.41, 5.74) is 8.45. The second kappa shape index (κ2) is 4.83. The normalized spacial score (nSPS) is 17.4. The smallest absolute Gasteiger partial charge is 0.128 e. The van der Waals surface area contributed by atoms with Gasteiger partial charge in [0.1, 0.15) is 5.82 Å². The summed E-state index contributed by atoms with van der Waals surface area (Å²) in [7, 11) is 0. The van der Waals surface area contributed by atoms with Gasteiger partial charge in [0, 0.05) is 17.8 Å². The molecule has 0 radical (unpaired) electrons. The molecule has 1 aromatic rings. The first-order valence-electron chi connectivity index (χ1n) is 6.16. The Kier molecular flexibility index (Phi) is 3.44. The van der Waals surface area contributed by atoms with Crippen molar-refractivity contribution >= 4 is 5.82 Å². The molecule has 0 aromatic carbocycles. The molecule has 1 atom stereocenters. The Balaban J connectivity index is 2.21. The first-order chi connectivity index (χ1) is 7.72. The summed E-state index contributed by atoms with van der Waals surface area (Å²) in [5, 5.41) is 3.53. The molecule has 1 aliphatic carbocycles. The van der Waals surface area contributed by atoms with E-state index < -0.39 is 0 Å². The molecular weight excluding hydrogens is 198 g/mol. The Morgan fingerprint density at radius 1 is 1.56 bits per heavy atom. The van der Waals surface area contributed by atoms with Gasteiger partial charge in [0.25, 0.3) is 0 Å². The third kappa shape index (κ3) is 2.53. The molecule has 1 aromatic heterocycles. The van der Waals surface area contributed by atoms with Crippen LogP contribution in [0.3, 0.4) is 0 Å². The number of nitrogens with one attached hydrogen (secondary N) is 1. The maximum absolute atomic E-state index is 6.00. The van der Waals surface area contributed by atoms with Crippen molar-refractivity contribution in [2.45, 2.75) is 39.2 Å². The maximum atomic E-state index is 6.00. The second-order valence-electron chi connectivity index (χ2n) is 4.72. The number of nitrogens with two attached hydrogens (primary N) is 1. The van der Waals surface area contributed by atoms with E-state index in [1.807, 2.05) is 6.07 Å². The molecule has 0 amide bonds. The number of hydrogen-bond acceptors (Lipinski definition) is 3. The molecule has 88 valence electrons. The van der Waals surface area contributed by atoms with E-state index in [0.29, 0.717) is 11.9 Å². The fourth-order valence-electron chi connectivity index (χ4n) is 2.28. The quantitative estimate of drug-likeness (QED) is 0.799. The van der Waals surface area contributed by atoms with Crippen molar-refractivity contribution in [1.29, 1.82) is 0 Å². The standard InChI is InChI=1S/C13H21N3/c1-3-15-11(8-10-4-5-10)12-9(2)6-7-16-13(12)14/h6-7,10-11,15H,3-5,8H2,1-2H3,(H2,14,16). The number of anilines is 1. The first kappa shape index (κ1) is 11.4. The SMILES string of the molecule is CCNC(CC1CC1)c1c(C)ccnc1N. The van der Waals surface area contributed by atoms with Gasteiger partial charge in [-0.05, 0) is 37.4 Å². The van der Waals surface area contributed by atoms with E-state index >= 15 is 0 Å². The predicted octanol–water partition coefficient (Wildman–Crippen LogP) is 2.42. The zero-order chi connectivity index (χ0) is 11.5. The third-order valence-electron chi connectivity index (χ3n) is 3.30. The lowest BCUT2D eigenvalue weighted by Crippen LogP contribution is -2.23. The zero-order valence-electron chi connectivity index (χ0n) is 10.2. The number of aromatic nitrogens is 1. The van der Waals surface area contributed by atoms with Gasteiger partial charge in [0.2, 0.25) is 0 Å². The predicted molar refractivity (Wildman–Crippen MR) is 67.1 cm³/mol. The summed E-state index contributed by atoms with van der Waals surface area (Å²) in [6.45, 7) is 5.23. The van der Waals surface area contributed by atoms with E-state index in [9.17, 15) is 0 Å². The molecule has 3 heteroatoms. The molecule has 16 heavy (non-hydrogen) atoms. The van der Waals surface area contributed by atoms with Crippen LogP contribution in [0, 0.1) is 12.8 Å². The van der Waals surface area contributed by atoms with Crippen molar-refractivity contribution < 1.29 is 0 Å². The number of nitrogens with zero attached hydrogens (tertiary/aromatic N) is 1. The number of pyridine rings is 1. The van der Waals surface area contributed by atoms with Gasteiger partial charge in [-0.1, -0.05) is 19.8 Å². The van der Waals surface area contributed by atoms with Gasteiger partial charge >= 0.3 is 0 Å². The molecule has 1 unspecified atom stereocenters. The topological polar surface area (TPSA) is 50.9 Å². The molecule has 2 rings (SSSR count). The maximum Gasteiger partial charge on any atom is 0.128 e. The van der Waals surface area contributed by atoms with E-state index in [1.165, 1.54) is 30.4 Å². The summed E-state index contributed by atoms with van der Waals surface area (Å²) in [4.78, 5) is 4.21. The molecule has 1 heterocycles. The van der Waals surface area contributed by atoms with Crippen LogP contribution in [0.25, 0.3) is 0 Å². The molecule has 0 saturated heterocycles. The van der Waals surface area contributed by atoms with Crippen molar-refractivity contribution in [3.8, 4) is 0 Å². The second-order valence-corrected chi connectivity index (χ2v) is 4.72. The van der Waals surface area contributed by atoms with Crippen LogP contribution in [0.15, 0.2) is 12.3 Å². The third-order valence-corrected chi connectivity index (χ3v) is 3.30. The summed E-state index contributed by atoms with van der Waals surface area (Å²) in [6, 6.07) is 2.43. The van der Waals surface area contributed by atoms with Gasteiger partial charge in [0.15, 0.2) is 0 Å². The highest BCUT2D eigenvalue weighted by atomic mass is 14.9. The zero-order valence-corrected chi connectivity index (χ0v) is 10.2. The van der Waals surface area contributed by atoms with Crippen LogP contribution in [0.1, 0.15) is 43.4 Å². The highest BCUT2D eigenvalue weighted by molar-refractivity contribution is 5.46. The molecule has 0 aliphatic heterocycles. The first-order valence-corrected chi connectivity index (χ1v) is 6.16. The van der Waals surface area contributed by atoms with Crippen LogP contribution in [-0.2, 0) is 0 Å². The Hall–Kier alpha value is -1.09. The molecule has 1 saturated carbocycles. The van der Waals surface area contributed by atoms with E-state index in [1.54, 1.807) is 6.20 Å². The van der Waals surface area contributed by atoms with Gasteiger partial charge < -0.3 is 11.1 Å². The molecule has 3 N–H and O–H groups in total. The Bertz CT molecular complexity index is 338. The van der Waals surface area contributed by atoms with Crippen LogP contribution < -0.4 is 11.1 Å². The summed E-state index contributed by atoms with van der Waals surface area (Å²) in [5.74, 6) is 1.58. The Morgan fingerprint density at radius 3 is 2.88 bits per heavy atom. The minimum absolute atomic E-state index is 0.381. The number of rotatable bonds is 5. The molecule has 0 spiro atoms. The number of nitrogen functional groups attached to an aromatic ring is 1. The summed E-state index contributed by atoms with van der Waals surface area (Å²) < 4.78 is 0. The summed E-state index contributed by atoms with van der Waals surface area (Å²) >= 11 is 0. The molecular formula is C13H21N3. The summed E-state index contributed by atoms with van der Waals surface area (Å²) in [6.07, 6.45) is 5.74. The van der Waals surface area contributed by atoms with Crippen LogP contribution >= 0.6 is 0 Å². The molecule has 0 bridgehead atoms. The minimum Gasteiger partial charge on any atom is -0.383 e. The van der Waals surface area contributed by atoms with Crippen molar-refractivity contribution in [3.63, 3.8) is 0 Å². The van der Waals surface area contributed by atoms with Crippen LogP contribution in [-0.4, -0.2) is 11.5 Å². The monoisotopic (exact) mass is 219 g/mol. The van der Waals surface area contributed by atoms with Gasteiger partial charge in [-0.2, -0.15) is 0 Å². The van der Waals surface area contributed by atoms with E-state index in [4.69, 9.17) is 5.73 Å². The highest BCUT2D eigenvalue weighted by Gasteiger charge is 2.27. The molecule has 3 nitrogen and oxygen atoms in total. The molecule has 1 aliphatic rings. The average molecular weight is 219 g/mol. The largest absolute Gasteiger partial charge is 0.383 e. The van der Waals surface area contributed by atoms with E-state index in [-0.39, 0.29) is 0 Å². The van der Waals surface area contributed by atoms with Crippen molar-refractivity contribution in [1.82, 2.24) is 10.3 Å². The lowest BCUT2D eigenvalue weighted by atomic mass is 9.97. The van der Waals surface area contributed by atoms with Crippen molar-refractivity contribution in [3.05, 3.63) is 23.4 Å². The van der Waals surface area contributed by atoms with Crippen LogP contribution in [0.2, 0.25) is 0 Å². The van der Waals surface area contributed by atoms with Gasteiger partial charge in [0.05, 0.1) is 0 Å². The van der Waals surface area contributed by atoms with E-state index in [2.05, 4.69) is 24.1 Å². The fourth-order valence-corrected chi connectivity index (χ4v) is 2.28. The van der Waals surface area contributed by atoms with Crippen molar-refractivity contribution in [2.24, 2.45) is 5.92 Å². The van der Waals surface area contributed by atoms with Crippen molar-refractivity contribution in [2.75, 3.05) is 12.3 Å². The Morgan fingerprint density at radius 2 is 2.31 bits per heavy atom. The minimum atomic E-state index is 0.381. The van der Waals surface area contributed by atoms with Gasteiger partial charge in [-0.15, -0.1) is 0 Å². The number of aryl methyl sites for hydroxylation is 1. The fraction of sp³-hybridized carbons (Fsp3) is 0.615. The lowest BCUT2D eigenvalue weighted by molar-refractivity contribution is 0.485. The highest BCUT2D eigenvalue weighted by Crippen LogP contribution is 2.39. The lowest BCUT2D eigenvalue weighted by Gasteiger charge is -2.21. The number of hydrogen-bond donors (Lipinski definition) is 2. The van der Waals surface area contributed by atoms with Gasteiger partial charge in [-0.3, -0.25) is 0 Å². The van der Waals surface area contributed by atoms with E-state index in [0.717, 1.165) is 12.5 Å². The Labute approximate surface area is 97.5 Å². The van der Waals surface area contributed by atoms with Gasteiger partial charge in [-0.25, -0.2) is 4.98 Å². The average Bonchev–Trinajstić information content (AvgIpc) is 3.01. The van der Waals surface area contributed by atoms with Crippen LogP contribution in [0.5, 0.6) is 0 Å². The van der Waals surface area contributed by atoms with Crippen LogP contribution in [0.4, 0.5) is 5.82 Å². The molecule has 1 fully saturated rings.